The van der Waals surface area contributed by atoms with E-state index in [0.717, 1.165) is 61.1 Å². The number of furan rings is 1. The second-order valence-corrected chi connectivity index (χ2v) is 15.1. The van der Waals surface area contributed by atoms with E-state index in [2.05, 4.69) is 126 Å². The number of nitrogens with zero attached hydrogens (tertiary/aromatic N) is 4. The zero-order valence-electron chi connectivity index (χ0n) is 30.6. The minimum atomic E-state index is 0.599. The van der Waals surface area contributed by atoms with Crippen LogP contribution in [0.5, 0.6) is 0 Å². The van der Waals surface area contributed by atoms with Gasteiger partial charge in [-0.25, -0.2) is 15.0 Å². The van der Waals surface area contributed by atoms with Gasteiger partial charge in [0.2, 0.25) is 0 Å². The molecule has 0 unspecified atom stereocenters. The zero-order valence-corrected chi connectivity index (χ0v) is 31.4. The molecule has 0 atom stereocenters. The van der Waals surface area contributed by atoms with Crippen molar-refractivity contribution in [3.63, 3.8) is 0 Å². The Labute approximate surface area is 334 Å². The first-order valence-corrected chi connectivity index (χ1v) is 19.7. The van der Waals surface area contributed by atoms with Crippen LogP contribution in [0.25, 0.3) is 78.4 Å². The van der Waals surface area contributed by atoms with Gasteiger partial charge < -0.3 is 9.32 Å². The van der Waals surface area contributed by atoms with Crippen LogP contribution < -0.4 is 4.90 Å². The second kappa shape index (κ2) is 13.8. The molecule has 0 N–H and O–H groups in total. The SMILES string of the molecule is c1ccc(-c2cccc(N3c4ccccc4Sc4cc(-c5ccc6oc7cccc(-c8nc(-c9ccccc9)nc(-c9ccccc9)n8)c7c6c5)ccc43)c2)cc1. The highest BCUT2D eigenvalue weighted by atomic mass is 32.2. The summed E-state index contributed by atoms with van der Waals surface area (Å²) in [5.41, 5.74) is 12.4. The van der Waals surface area contributed by atoms with Gasteiger partial charge in [-0.15, -0.1) is 0 Å². The summed E-state index contributed by atoms with van der Waals surface area (Å²) in [6.45, 7) is 0. The maximum absolute atomic E-state index is 6.49. The first-order chi connectivity index (χ1) is 28.2. The van der Waals surface area contributed by atoms with E-state index in [1.165, 1.54) is 26.6 Å². The Morgan fingerprint density at radius 3 is 1.72 bits per heavy atom. The van der Waals surface area contributed by atoms with E-state index in [1.807, 2.05) is 84.6 Å². The van der Waals surface area contributed by atoms with Crippen molar-refractivity contribution >= 4 is 50.8 Å². The molecule has 0 radical (unpaired) electrons. The van der Waals surface area contributed by atoms with Gasteiger partial charge in [-0.3, -0.25) is 0 Å². The van der Waals surface area contributed by atoms with E-state index in [4.69, 9.17) is 19.4 Å². The number of hydrogen-bond acceptors (Lipinski definition) is 6. The van der Waals surface area contributed by atoms with Crippen molar-refractivity contribution in [2.75, 3.05) is 4.90 Å². The Morgan fingerprint density at radius 2 is 0.965 bits per heavy atom. The zero-order chi connectivity index (χ0) is 37.7. The molecule has 8 aromatic carbocycles. The fraction of sp³-hybridized carbons (Fsp3) is 0. The molecule has 6 heteroatoms. The van der Waals surface area contributed by atoms with Gasteiger partial charge in [0, 0.05) is 42.9 Å². The summed E-state index contributed by atoms with van der Waals surface area (Å²) in [5, 5.41) is 1.99. The highest BCUT2D eigenvalue weighted by molar-refractivity contribution is 7.99. The average Bonchev–Trinajstić information content (AvgIpc) is 3.67. The van der Waals surface area contributed by atoms with Crippen LogP contribution in [0, 0.1) is 0 Å². The summed E-state index contributed by atoms with van der Waals surface area (Å²) in [6, 6.07) is 67.6. The number of para-hydroxylation sites is 1. The number of hydrogen-bond donors (Lipinski definition) is 0. The van der Waals surface area contributed by atoms with Crippen molar-refractivity contribution in [2.45, 2.75) is 9.79 Å². The predicted molar refractivity (Wildman–Crippen MR) is 233 cm³/mol. The number of fused-ring (bicyclic) bond motifs is 5. The first-order valence-electron chi connectivity index (χ1n) is 18.9. The molecule has 3 heterocycles. The largest absolute Gasteiger partial charge is 0.456 e. The Balaban J connectivity index is 1.03. The molecule has 0 fully saturated rings. The Morgan fingerprint density at radius 1 is 0.386 bits per heavy atom. The Kier molecular flexibility index (Phi) is 8.00. The minimum absolute atomic E-state index is 0.599. The van der Waals surface area contributed by atoms with Gasteiger partial charge in [-0.1, -0.05) is 151 Å². The van der Waals surface area contributed by atoms with Crippen LogP contribution in [0.3, 0.4) is 0 Å². The average molecular weight is 749 g/mol. The predicted octanol–water partition coefficient (Wildman–Crippen LogP) is 14.0. The van der Waals surface area contributed by atoms with Gasteiger partial charge in [0.1, 0.15) is 11.2 Å². The van der Waals surface area contributed by atoms with E-state index in [9.17, 15) is 0 Å². The molecule has 0 amide bonds. The monoisotopic (exact) mass is 748 g/mol. The van der Waals surface area contributed by atoms with Crippen molar-refractivity contribution in [3.8, 4) is 56.4 Å². The molecule has 10 aromatic rings. The van der Waals surface area contributed by atoms with Crippen LogP contribution in [-0.2, 0) is 0 Å². The highest BCUT2D eigenvalue weighted by Gasteiger charge is 2.26. The Hall–Kier alpha value is -7.28. The lowest BCUT2D eigenvalue weighted by molar-refractivity contribution is 0.669. The summed E-state index contributed by atoms with van der Waals surface area (Å²) in [6.07, 6.45) is 0. The number of anilines is 3. The fourth-order valence-electron chi connectivity index (χ4n) is 7.79. The third-order valence-corrected chi connectivity index (χ3v) is 11.6. The van der Waals surface area contributed by atoms with E-state index < -0.39 is 0 Å². The Bertz CT molecular complexity index is 3050. The molecule has 1 aliphatic rings. The molecule has 2 aromatic heterocycles. The molecule has 0 saturated heterocycles. The first kappa shape index (κ1) is 33.1. The third kappa shape index (κ3) is 5.95. The van der Waals surface area contributed by atoms with Crippen LogP contribution in [0.1, 0.15) is 0 Å². The van der Waals surface area contributed by atoms with Crippen LogP contribution in [0.15, 0.2) is 208 Å². The molecule has 1 aliphatic heterocycles. The van der Waals surface area contributed by atoms with Gasteiger partial charge >= 0.3 is 0 Å². The van der Waals surface area contributed by atoms with Gasteiger partial charge in [0.05, 0.1) is 11.4 Å². The molecule has 268 valence electrons. The van der Waals surface area contributed by atoms with E-state index in [1.54, 1.807) is 0 Å². The molecule has 0 spiro atoms. The summed E-state index contributed by atoms with van der Waals surface area (Å²) in [5.74, 6) is 1.85. The molecule has 11 rings (SSSR count). The lowest BCUT2D eigenvalue weighted by Gasteiger charge is -2.33. The molecular weight excluding hydrogens is 717 g/mol. The smallest absolute Gasteiger partial charge is 0.164 e. The summed E-state index contributed by atoms with van der Waals surface area (Å²) in [7, 11) is 0. The normalized spacial score (nSPS) is 12.1. The standard InChI is InChI=1S/C51H32N4OS/c1-4-14-33(15-5-1)36-20-12-21-39(30-36)55-42-23-10-11-25-46(42)57-47-32-38(26-28-43(47)55)37-27-29-44-41(31-37)48-40(22-13-24-45(48)56-44)51-53-49(34-16-6-2-7-17-34)52-50(54-51)35-18-8-3-9-19-35/h1-32H. The van der Waals surface area contributed by atoms with Crippen molar-refractivity contribution < 1.29 is 4.42 Å². The maximum Gasteiger partial charge on any atom is 0.164 e. The molecule has 5 nitrogen and oxygen atoms in total. The van der Waals surface area contributed by atoms with Crippen molar-refractivity contribution in [1.82, 2.24) is 15.0 Å². The molecule has 0 bridgehead atoms. The van der Waals surface area contributed by atoms with Gasteiger partial charge in [0.15, 0.2) is 17.5 Å². The van der Waals surface area contributed by atoms with E-state index in [-0.39, 0.29) is 0 Å². The minimum Gasteiger partial charge on any atom is -0.456 e. The molecular formula is C51H32N4OS. The topological polar surface area (TPSA) is 55.1 Å². The summed E-state index contributed by atoms with van der Waals surface area (Å²) in [4.78, 5) is 19.9. The number of rotatable bonds is 6. The summed E-state index contributed by atoms with van der Waals surface area (Å²) >= 11 is 1.81. The van der Waals surface area contributed by atoms with Crippen molar-refractivity contribution in [1.29, 1.82) is 0 Å². The lowest BCUT2D eigenvalue weighted by Crippen LogP contribution is -2.14. The van der Waals surface area contributed by atoms with E-state index in [0.29, 0.717) is 17.5 Å². The van der Waals surface area contributed by atoms with Crippen LogP contribution in [0.4, 0.5) is 17.1 Å². The van der Waals surface area contributed by atoms with Crippen molar-refractivity contribution in [2.24, 2.45) is 0 Å². The molecule has 0 saturated carbocycles. The van der Waals surface area contributed by atoms with Gasteiger partial charge in [-0.2, -0.15) is 0 Å². The second-order valence-electron chi connectivity index (χ2n) is 14.0. The lowest BCUT2D eigenvalue weighted by atomic mass is 9.99. The van der Waals surface area contributed by atoms with Crippen LogP contribution in [-0.4, -0.2) is 15.0 Å². The van der Waals surface area contributed by atoms with Gasteiger partial charge in [0.25, 0.3) is 0 Å². The molecule has 57 heavy (non-hydrogen) atoms. The maximum atomic E-state index is 6.49. The van der Waals surface area contributed by atoms with Crippen LogP contribution in [0.2, 0.25) is 0 Å². The summed E-state index contributed by atoms with van der Waals surface area (Å²) < 4.78 is 6.49. The van der Waals surface area contributed by atoms with E-state index >= 15 is 0 Å². The number of benzene rings is 8. The fourth-order valence-corrected chi connectivity index (χ4v) is 8.89. The molecule has 0 aliphatic carbocycles. The van der Waals surface area contributed by atoms with Gasteiger partial charge in [-0.05, 0) is 76.9 Å². The van der Waals surface area contributed by atoms with Crippen LogP contribution >= 0.6 is 11.8 Å². The third-order valence-electron chi connectivity index (χ3n) is 10.5. The number of aromatic nitrogens is 3. The van der Waals surface area contributed by atoms with Crippen molar-refractivity contribution in [3.05, 3.63) is 194 Å². The highest BCUT2D eigenvalue weighted by Crippen LogP contribution is 2.52. The quantitative estimate of drug-likeness (QED) is 0.169.